The van der Waals surface area contributed by atoms with Crippen molar-refractivity contribution in [2.75, 3.05) is 6.61 Å². The summed E-state index contributed by atoms with van der Waals surface area (Å²) in [6, 6.07) is 0.256. The molecule has 0 bridgehead atoms. The molecule has 0 aromatic carbocycles. The summed E-state index contributed by atoms with van der Waals surface area (Å²) in [6.45, 7) is 6.81. The molecule has 5 nitrogen and oxygen atoms in total. The number of hydrogen-bond acceptors (Lipinski definition) is 4. The summed E-state index contributed by atoms with van der Waals surface area (Å²) in [5, 5.41) is 15.1. The average Bonchev–Trinajstić information content (AvgIpc) is 2.77. The zero-order chi connectivity index (χ0) is 15.3. The predicted octanol–water partition coefficient (Wildman–Crippen LogP) is 2.89. The first-order valence-electron chi connectivity index (χ1n) is 8.29. The van der Waals surface area contributed by atoms with Crippen LogP contribution in [0.2, 0.25) is 0 Å². The zero-order valence-corrected chi connectivity index (χ0v) is 13.6. The SMILES string of the molecule is CCOC1(C(O)Cc2ncnn2C(C)C)CCCCCC1. The highest BCUT2D eigenvalue weighted by molar-refractivity contribution is 4.98. The molecule has 0 amide bonds. The predicted molar refractivity (Wildman–Crippen MR) is 82.2 cm³/mol. The Morgan fingerprint density at radius 1 is 1.29 bits per heavy atom. The van der Waals surface area contributed by atoms with E-state index in [0.29, 0.717) is 13.0 Å². The van der Waals surface area contributed by atoms with Crippen LogP contribution in [0.15, 0.2) is 6.33 Å². The highest BCUT2D eigenvalue weighted by atomic mass is 16.5. The van der Waals surface area contributed by atoms with E-state index in [0.717, 1.165) is 31.5 Å². The summed E-state index contributed by atoms with van der Waals surface area (Å²) >= 11 is 0. The van der Waals surface area contributed by atoms with E-state index in [2.05, 4.69) is 23.9 Å². The van der Waals surface area contributed by atoms with Gasteiger partial charge in [-0.3, -0.25) is 0 Å². The van der Waals surface area contributed by atoms with Crippen LogP contribution in [0.25, 0.3) is 0 Å². The Morgan fingerprint density at radius 2 is 1.95 bits per heavy atom. The van der Waals surface area contributed by atoms with Gasteiger partial charge in [0.1, 0.15) is 12.2 Å². The van der Waals surface area contributed by atoms with Crippen molar-refractivity contribution >= 4 is 0 Å². The van der Waals surface area contributed by atoms with Crippen LogP contribution in [0.5, 0.6) is 0 Å². The van der Waals surface area contributed by atoms with Crippen LogP contribution >= 0.6 is 0 Å². The molecule has 1 saturated carbocycles. The lowest BCUT2D eigenvalue weighted by atomic mass is 9.86. The van der Waals surface area contributed by atoms with Gasteiger partial charge in [0, 0.05) is 19.1 Å². The first-order valence-corrected chi connectivity index (χ1v) is 8.29. The second kappa shape index (κ2) is 7.36. The van der Waals surface area contributed by atoms with E-state index >= 15 is 0 Å². The second-order valence-corrected chi connectivity index (χ2v) is 6.35. The van der Waals surface area contributed by atoms with Crippen molar-refractivity contribution < 1.29 is 9.84 Å². The van der Waals surface area contributed by atoms with E-state index in [1.807, 2.05) is 11.6 Å². The lowest BCUT2D eigenvalue weighted by Gasteiger charge is -2.37. The van der Waals surface area contributed by atoms with Crippen molar-refractivity contribution in [2.45, 2.75) is 83.5 Å². The van der Waals surface area contributed by atoms with E-state index in [-0.39, 0.29) is 6.04 Å². The van der Waals surface area contributed by atoms with Gasteiger partial charge in [-0.2, -0.15) is 5.10 Å². The third-order valence-electron chi connectivity index (χ3n) is 4.50. The molecular formula is C16H29N3O2. The molecule has 1 heterocycles. The summed E-state index contributed by atoms with van der Waals surface area (Å²) < 4.78 is 7.94. The molecule has 1 atom stereocenters. The van der Waals surface area contributed by atoms with Crippen LogP contribution in [0.1, 0.15) is 71.2 Å². The summed E-state index contributed by atoms with van der Waals surface area (Å²) in [5.41, 5.74) is -0.404. The second-order valence-electron chi connectivity index (χ2n) is 6.35. The summed E-state index contributed by atoms with van der Waals surface area (Å²) in [5.74, 6) is 0.848. The largest absolute Gasteiger partial charge is 0.390 e. The lowest BCUT2D eigenvalue weighted by Crippen LogP contribution is -2.46. The van der Waals surface area contributed by atoms with Crippen LogP contribution in [0.3, 0.4) is 0 Å². The molecule has 1 aromatic rings. The quantitative estimate of drug-likeness (QED) is 0.820. The molecule has 0 aliphatic heterocycles. The molecule has 1 fully saturated rings. The maximum Gasteiger partial charge on any atom is 0.138 e. The third kappa shape index (κ3) is 3.83. The van der Waals surface area contributed by atoms with Crippen LogP contribution < -0.4 is 0 Å². The van der Waals surface area contributed by atoms with Crippen molar-refractivity contribution in [1.29, 1.82) is 0 Å². The Kier molecular flexibility index (Phi) is 5.76. The number of aromatic nitrogens is 3. The van der Waals surface area contributed by atoms with Crippen LogP contribution in [0, 0.1) is 0 Å². The third-order valence-corrected chi connectivity index (χ3v) is 4.50. The molecule has 5 heteroatoms. The van der Waals surface area contributed by atoms with Gasteiger partial charge in [0.05, 0.1) is 11.7 Å². The fraction of sp³-hybridized carbons (Fsp3) is 0.875. The fourth-order valence-electron chi connectivity index (χ4n) is 3.40. The molecule has 1 aromatic heterocycles. The molecule has 1 unspecified atom stereocenters. The van der Waals surface area contributed by atoms with Gasteiger partial charge >= 0.3 is 0 Å². The molecule has 1 aliphatic rings. The molecule has 1 aliphatic carbocycles. The van der Waals surface area contributed by atoms with Gasteiger partial charge < -0.3 is 9.84 Å². The van der Waals surface area contributed by atoms with Crippen molar-refractivity contribution in [1.82, 2.24) is 14.8 Å². The summed E-state index contributed by atoms with van der Waals surface area (Å²) in [7, 11) is 0. The Morgan fingerprint density at radius 3 is 2.52 bits per heavy atom. The topological polar surface area (TPSA) is 60.2 Å². The van der Waals surface area contributed by atoms with E-state index in [9.17, 15) is 5.11 Å². The van der Waals surface area contributed by atoms with Gasteiger partial charge in [0.2, 0.25) is 0 Å². The van der Waals surface area contributed by atoms with E-state index in [4.69, 9.17) is 4.74 Å². The van der Waals surface area contributed by atoms with Gasteiger partial charge in [0.15, 0.2) is 0 Å². The van der Waals surface area contributed by atoms with Crippen LogP contribution in [-0.2, 0) is 11.2 Å². The van der Waals surface area contributed by atoms with Crippen LogP contribution in [0.4, 0.5) is 0 Å². The molecule has 2 rings (SSSR count). The molecule has 0 saturated heterocycles. The Balaban J connectivity index is 2.14. The fourth-order valence-corrected chi connectivity index (χ4v) is 3.40. The molecule has 1 N–H and O–H groups in total. The number of aliphatic hydroxyl groups excluding tert-OH is 1. The monoisotopic (exact) mass is 295 g/mol. The van der Waals surface area contributed by atoms with Gasteiger partial charge in [-0.25, -0.2) is 9.67 Å². The minimum atomic E-state index is -0.516. The van der Waals surface area contributed by atoms with Crippen molar-refractivity contribution in [3.63, 3.8) is 0 Å². The standard InChI is InChI=1S/C16H29N3O2/c1-4-21-16(9-7-5-6-8-10-16)14(20)11-15-17-12-18-19(15)13(2)3/h12-14,20H,4-11H2,1-3H3. The van der Waals surface area contributed by atoms with Crippen molar-refractivity contribution in [2.24, 2.45) is 0 Å². The average molecular weight is 295 g/mol. The molecule has 0 spiro atoms. The summed E-state index contributed by atoms with van der Waals surface area (Å²) in [4.78, 5) is 4.32. The number of aliphatic hydroxyl groups is 1. The van der Waals surface area contributed by atoms with E-state index in [1.54, 1.807) is 6.33 Å². The molecule has 120 valence electrons. The van der Waals surface area contributed by atoms with Gasteiger partial charge in [-0.1, -0.05) is 25.7 Å². The smallest absolute Gasteiger partial charge is 0.138 e. The summed E-state index contributed by atoms with van der Waals surface area (Å²) in [6.07, 6.45) is 8.20. The van der Waals surface area contributed by atoms with Gasteiger partial charge in [-0.15, -0.1) is 0 Å². The minimum absolute atomic E-state index is 0.256. The Labute approximate surface area is 127 Å². The molecule has 21 heavy (non-hydrogen) atoms. The Hall–Kier alpha value is -0.940. The maximum atomic E-state index is 10.9. The van der Waals surface area contributed by atoms with E-state index in [1.165, 1.54) is 12.8 Å². The van der Waals surface area contributed by atoms with Crippen molar-refractivity contribution in [3.8, 4) is 0 Å². The lowest BCUT2D eigenvalue weighted by molar-refractivity contribution is -0.129. The number of ether oxygens (including phenoxy) is 1. The highest BCUT2D eigenvalue weighted by Crippen LogP contribution is 2.34. The van der Waals surface area contributed by atoms with Crippen molar-refractivity contribution in [3.05, 3.63) is 12.2 Å². The number of nitrogens with zero attached hydrogens (tertiary/aromatic N) is 3. The van der Waals surface area contributed by atoms with Gasteiger partial charge in [-0.05, 0) is 33.6 Å². The number of hydrogen-bond donors (Lipinski definition) is 1. The minimum Gasteiger partial charge on any atom is -0.390 e. The van der Waals surface area contributed by atoms with E-state index < -0.39 is 11.7 Å². The first kappa shape index (κ1) is 16.4. The van der Waals surface area contributed by atoms with Gasteiger partial charge in [0.25, 0.3) is 0 Å². The molecular weight excluding hydrogens is 266 g/mol. The number of rotatable bonds is 6. The van der Waals surface area contributed by atoms with Crippen LogP contribution in [-0.4, -0.2) is 38.2 Å². The highest BCUT2D eigenvalue weighted by Gasteiger charge is 2.39. The zero-order valence-electron chi connectivity index (χ0n) is 13.6. The maximum absolute atomic E-state index is 10.9. The molecule has 0 radical (unpaired) electrons. The normalized spacial score (nSPS) is 20.4. The Bertz CT molecular complexity index is 423. The first-order chi connectivity index (χ1) is 10.1.